The molecule has 0 aromatic heterocycles. The second-order valence-electron chi connectivity index (χ2n) is 4.83. The Kier molecular flexibility index (Phi) is 3.92. The van der Waals surface area contributed by atoms with E-state index >= 15 is 0 Å². The van der Waals surface area contributed by atoms with E-state index in [0.717, 1.165) is 5.92 Å². The third-order valence-electron chi connectivity index (χ3n) is 2.03. The molecule has 0 saturated carbocycles. The Morgan fingerprint density at radius 1 is 1.31 bits per heavy atom. The zero-order valence-electron chi connectivity index (χ0n) is 10.2. The number of halogens is 1. The van der Waals surface area contributed by atoms with E-state index in [9.17, 15) is 4.39 Å². The van der Waals surface area contributed by atoms with E-state index in [2.05, 4.69) is 0 Å². The number of ether oxygens (including phenoxy) is 1. The lowest BCUT2D eigenvalue weighted by molar-refractivity contribution is 0.130. The van der Waals surface area contributed by atoms with Crippen molar-refractivity contribution in [1.82, 2.24) is 0 Å². The van der Waals surface area contributed by atoms with Crippen LogP contribution < -0.4 is 4.74 Å². The molecule has 0 atom stereocenters. The van der Waals surface area contributed by atoms with Crippen molar-refractivity contribution in [2.75, 3.05) is 6.61 Å². The van der Waals surface area contributed by atoms with Crippen LogP contribution in [0.25, 0.3) is 0 Å². The molecule has 0 unspecified atom stereocenters. The van der Waals surface area contributed by atoms with Crippen molar-refractivity contribution in [3.05, 3.63) is 35.5 Å². The van der Waals surface area contributed by atoms with Crippen LogP contribution in [0.15, 0.2) is 18.2 Å². The smallest absolute Gasteiger partial charge is 0.127 e. The van der Waals surface area contributed by atoms with Gasteiger partial charge in [-0.3, -0.25) is 0 Å². The van der Waals surface area contributed by atoms with Crippen molar-refractivity contribution in [3.63, 3.8) is 0 Å². The van der Waals surface area contributed by atoms with Gasteiger partial charge in [-0.2, -0.15) is 0 Å². The van der Waals surface area contributed by atoms with Gasteiger partial charge in [-0.15, -0.1) is 0 Å². The Bertz CT molecular complexity index is 355. The fraction of sp³-hybridized carbons (Fsp3) is 0.462. The normalized spacial score (nSPS) is 11.9. The minimum atomic E-state index is -0.363. The molecule has 0 aliphatic heterocycles. The van der Waals surface area contributed by atoms with Crippen LogP contribution in [0.4, 0.5) is 4.39 Å². The molecule has 89 valence electrons. The van der Waals surface area contributed by atoms with Gasteiger partial charge in [0.05, 0.1) is 6.61 Å². The van der Waals surface area contributed by atoms with Crippen molar-refractivity contribution in [2.24, 2.45) is 0 Å². The third-order valence-corrected chi connectivity index (χ3v) is 2.03. The molecule has 0 fully saturated rings. The maximum Gasteiger partial charge on any atom is 0.127 e. The predicted molar refractivity (Wildman–Crippen MR) is 61.9 cm³/mol. The summed E-state index contributed by atoms with van der Waals surface area (Å²) in [6, 6.07) is 4.47. The topological polar surface area (TPSA) is 29.5 Å². The average molecular weight is 225 g/mol. The van der Waals surface area contributed by atoms with Crippen LogP contribution in [0.2, 0.25) is 0 Å². The van der Waals surface area contributed by atoms with Crippen molar-refractivity contribution in [3.8, 4) is 5.75 Å². The maximum atomic E-state index is 13.3. The second-order valence-corrected chi connectivity index (χ2v) is 4.83. The van der Waals surface area contributed by atoms with Gasteiger partial charge >= 0.3 is 0 Å². The minimum absolute atomic E-state index is 0.0849. The summed E-state index contributed by atoms with van der Waals surface area (Å²) in [5, 5.41) is 9.00. The molecule has 0 heterocycles. The molecule has 1 rings (SSSR count). The van der Waals surface area contributed by atoms with E-state index in [1.54, 1.807) is 13.0 Å². The number of hydrogen-bond acceptors (Lipinski definition) is 2. The van der Waals surface area contributed by atoms with E-state index in [0.29, 0.717) is 11.3 Å². The monoisotopic (exact) mass is 225 g/mol. The number of hydrogen-bond donors (Lipinski definition) is 1. The Morgan fingerprint density at radius 2 is 1.94 bits per heavy atom. The molecular weight excluding hydrogens is 207 g/mol. The number of aliphatic hydroxyl groups excluding tert-OH is 1. The molecule has 1 aromatic carbocycles. The predicted octanol–water partition coefficient (Wildman–Crippen LogP) is 2.94. The molecule has 2 nitrogen and oxygen atoms in total. The highest BCUT2D eigenvalue weighted by molar-refractivity contribution is 5.37. The van der Waals surface area contributed by atoms with Crippen molar-refractivity contribution in [1.29, 1.82) is 0 Å². The van der Waals surface area contributed by atoms with Crippen LogP contribution in [0, 0.1) is 11.7 Å². The first-order valence-corrected chi connectivity index (χ1v) is 5.25. The first kappa shape index (κ1) is 13.0. The summed E-state index contributed by atoms with van der Waals surface area (Å²) in [4.78, 5) is 0. The van der Waals surface area contributed by atoms with Crippen molar-refractivity contribution < 1.29 is 14.2 Å². The first-order chi connectivity index (χ1) is 7.31. The van der Waals surface area contributed by atoms with Crippen LogP contribution in [-0.4, -0.2) is 17.3 Å². The Morgan fingerprint density at radius 3 is 2.44 bits per heavy atom. The van der Waals surface area contributed by atoms with Crippen LogP contribution >= 0.6 is 0 Å². The molecule has 0 aliphatic carbocycles. The van der Waals surface area contributed by atoms with Gasteiger partial charge < -0.3 is 9.84 Å². The molecule has 1 radical (unpaired) electrons. The van der Waals surface area contributed by atoms with Crippen LogP contribution in [0.1, 0.15) is 33.3 Å². The summed E-state index contributed by atoms with van der Waals surface area (Å²) < 4.78 is 18.9. The Labute approximate surface area is 96.1 Å². The first-order valence-electron chi connectivity index (χ1n) is 5.25. The molecule has 0 amide bonds. The fourth-order valence-electron chi connectivity index (χ4n) is 1.31. The van der Waals surface area contributed by atoms with Crippen molar-refractivity contribution in [2.45, 2.75) is 33.3 Å². The molecule has 1 aromatic rings. The van der Waals surface area contributed by atoms with Gasteiger partial charge in [-0.25, -0.2) is 4.39 Å². The highest BCUT2D eigenvalue weighted by atomic mass is 19.1. The lowest BCUT2D eigenvalue weighted by Gasteiger charge is -2.22. The summed E-state index contributed by atoms with van der Waals surface area (Å²) in [7, 11) is 0. The largest absolute Gasteiger partial charge is 0.488 e. The maximum absolute atomic E-state index is 13.3. The highest BCUT2D eigenvalue weighted by Crippen LogP contribution is 2.24. The van der Waals surface area contributed by atoms with Crippen LogP contribution in [0.3, 0.4) is 0 Å². The Hall–Kier alpha value is -1.09. The van der Waals surface area contributed by atoms with Crippen LogP contribution in [-0.2, 0) is 0 Å². The zero-order valence-corrected chi connectivity index (χ0v) is 10.2. The quantitative estimate of drug-likeness (QED) is 0.857. The molecule has 0 saturated heterocycles. The minimum Gasteiger partial charge on any atom is -0.488 e. The van der Waals surface area contributed by atoms with E-state index < -0.39 is 0 Å². The van der Waals surface area contributed by atoms with E-state index in [1.807, 2.05) is 20.8 Å². The van der Waals surface area contributed by atoms with Gasteiger partial charge in [0.2, 0.25) is 0 Å². The standard InChI is InChI=1S/C13H18FO2/c1-9(8-15)10-5-11(14)7-12(6-10)16-13(2,3)4/h5-7,15H,8H2,1-4H3. The summed E-state index contributed by atoms with van der Waals surface area (Å²) >= 11 is 0. The SMILES string of the molecule is C[C](CO)c1cc(F)cc(OC(C)(C)C)c1. The average Bonchev–Trinajstić information content (AvgIpc) is 2.12. The van der Waals surface area contributed by atoms with Crippen molar-refractivity contribution >= 4 is 0 Å². The van der Waals surface area contributed by atoms with Gasteiger partial charge in [0.1, 0.15) is 17.2 Å². The molecule has 16 heavy (non-hydrogen) atoms. The zero-order chi connectivity index (χ0) is 12.3. The second kappa shape index (κ2) is 4.83. The molecule has 1 N–H and O–H groups in total. The summed E-state index contributed by atoms with van der Waals surface area (Å²) in [6.45, 7) is 7.38. The van der Waals surface area contributed by atoms with Gasteiger partial charge in [0, 0.05) is 12.0 Å². The van der Waals surface area contributed by atoms with E-state index in [-0.39, 0.29) is 18.0 Å². The molecule has 0 bridgehead atoms. The number of rotatable bonds is 3. The molecule has 0 spiro atoms. The summed E-state index contributed by atoms with van der Waals surface area (Å²) in [5.41, 5.74) is 0.305. The van der Waals surface area contributed by atoms with Crippen LogP contribution in [0.5, 0.6) is 5.75 Å². The van der Waals surface area contributed by atoms with Gasteiger partial charge in [-0.05, 0) is 38.5 Å². The number of aliphatic hydroxyl groups is 1. The third kappa shape index (κ3) is 3.81. The van der Waals surface area contributed by atoms with Gasteiger partial charge in [0.25, 0.3) is 0 Å². The van der Waals surface area contributed by atoms with E-state index in [4.69, 9.17) is 9.84 Å². The lowest BCUT2D eigenvalue weighted by atomic mass is 10.0. The molecular formula is C13H18FO2. The summed E-state index contributed by atoms with van der Waals surface area (Å²) in [5.74, 6) is 0.845. The van der Waals surface area contributed by atoms with E-state index in [1.165, 1.54) is 12.1 Å². The molecule has 3 heteroatoms. The Balaban J connectivity index is 2.99. The fourth-order valence-corrected chi connectivity index (χ4v) is 1.31. The van der Waals surface area contributed by atoms with Gasteiger partial charge in [0.15, 0.2) is 0 Å². The lowest BCUT2D eigenvalue weighted by Crippen LogP contribution is -2.23. The highest BCUT2D eigenvalue weighted by Gasteiger charge is 2.14. The molecule has 0 aliphatic rings. The summed E-state index contributed by atoms with van der Waals surface area (Å²) in [6.07, 6.45) is 0. The number of benzene rings is 1. The van der Waals surface area contributed by atoms with Gasteiger partial charge in [-0.1, -0.05) is 6.92 Å².